The quantitative estimate of drug-likeness (QED) is 0.628. The van der Waals surface area contributed by atoms with E-state index in [9.17, 15) is 4.79 Å². The Balaban J connectivity index is 2.04. The molecule has 0 unspecified atom stereocenters. The van der Waals surface area contributed by atoms with Crippen LogP contribution in [0.25, 0.3) is 0 Å². The van der Waals surface area contributed by atoms with Gasteiger partial charge in [0, 0.05) is 24.3 Å². The fourth-order valence-electron chi connectivity index (χ4n) is 3.92. The molecule has 156 valence electrons. The van der Waals surface area contributed by atoms with Gasteiger partial charge in [-0.25, -0.2) is 14.7 Å². The zero-order valence-corrected chi connectivity index (χ0v) is 18.3. The molecule has 1 aliphatic heterocycles. The molecule has 5 nitrogen and oxygen atoms in total. The molecule has 0 radical (unpaired) electrons. The smallest absolute Gasteiger partial charge is 0.420 e. The molecule has 0 bridgehead atoms. The predicted molar refractivity (Wildman–Crippen MR) is 117 cm³/mol. The maximum absolute atomic E-state index is 13.2. The predicted octanol–water partition coefficient (Wildman–Crippen LogP) is 5.95. The lowest BCUT2D eigenvalue weighted by atomic mass is 10.0. The Kier molecular flexibility index (Phi) is 6.58. The van der Waals surface area contributed by atoms with Crippen molar-refractivity contribution in [1.29, 1.82) is 0 Å². The van der Waals surface area contributed by atoms with Gasteiger partial charge in [0.25, 0.3) is 0 Å². The summed E-state index contributed by atoms with van der Waals surface area (Å²) in [7, 11) is 0. The third-order valence-electron chi connectivity index (χ3n) is 4.94. The average molecular weight is 396 g/mol. The summed E-state index contributed by atoms with van der Waals surface area (Å²) >= 11 is 0. The minimum absolute atomic E-state index is 0.259. The van der Waals surface area contributed by atoms with Crippen LogP contribution in [0.2, 0.25) is 0 Å². The summed E-state index contributed by atoms with van der Waals surface area (Å²) in [5.41, 5.74) is 1.26. The molecule has 3 rings (SSSR count). The molecule has 1 aromatic heterocycles. The highest BCUT2D eigenvalue weighted by Crippen LogP contribution is 2.39. The molecule has 29 heavy (non-hydrogen) atoms. The zero-order chi connectivity index (χ0) is 21.0. The molecule has 1 fully saturated rings. The first-order valence-corrected chi connectivity index (χ1v) is 10.5. The van der Waals surface area contributed by atoms with Gasteiger partial charge in [-0.2, -0.15) is 0 Å². The van der Waals surface area contributed by atoms with Crippen LogP contribution in [0.3, 0.4) is 0 Å². The maximum Gasteiger partial charge on any atom is 0.420 e. The summed E-state index contributed by atoms with van der Waals surface area (Å²) in [6.07, 6.45) is 3.57. The number of benzene rings is 1. The van der Waals surface area contributed by atoms with E-state index in [0.29, 0.717) is 11.7 Å². The Morgan fingerprint density at radius 1 is 1.21 bits per heavy atom. The lowest BCUT2D eigenvalue weighted by Crippen LogP contribution is -2.36. The van der Waals surface area contributed by atoms with E-state index in [1.807, 2.05) is 57.2 Å². The van der Waals surface area contributed by atoms with Gasteiger partial charge >= 0.3 is 6.09 Å². The first-order valence-electron chi connectivity index (χ1n) is 10.5. The van der Waals surface area contributed by atoms with Crippen molar-refractivity contribution in [1.82, 2.24) is 9.88 Å². The standard InChI is InChI=1S/C24H33N3O2/c1-18(2)17-26-16-10-14-21(26)20-13-9-15-25-22(20)27(19-11-7-6-8-12-19)23(28)29-24(3,4)5/h6-9,11-13,15,18,21H,10,14,16-17H2,1-5H3/t21-/m0/s1. The molecular formula is C24H33N3O2. The Morgan fingerprint density at radius 2 is 1.93 bits per heavy atom. The minimum atomic E-state index is -0.587. The Morgan fingerprint density at radius 3 is 2.59 bits per heavy atom. The average Bonchev–Trinajstić information content (AvgIpc) is 3.09. The highest BCUT2D eigenvalue weighted by molar-refractivity contribution is 5.96. The molecule has 0 saturated carbocycles. The number of amides is 1. The molecule has 2 aromatic rings. The summed E-state index contributed by atoms with van der Waals surface area (Å²) < 4.78 is 5.75. The summed E-state index contributed by atoms with van der Waals surface area (Å²) in [4.78, 5) is 22.0. The number of ether oxygens (including phenoxy) is 1. The maximum atomic E-state index is 13.2. The lowest BCUT2D eigenvalue weighted by Gasteiger charge is -2.31. The lowest BCUT2D eigenvalue weighted by molar-refractivity contribution is 0.0597. The van der Waals surface area contributed by atoms with Crippen molar-refractivity contribution in [3.63, 3.8) is 0 Å². The minimum Gasteiger partial charge on any atom is -0.443 e. The SMILES string of the molecule is CC(C)CN1CCC[C@H]1c1cccnc1N(C(=O)OC(C)(C)C)c1ccccc1. The molecule has 2 heterocycles. The molecule has 5 heteroatoms. The second kappa shape index (κ2) is 8.95. The highest BCUT2D eigenvalue weighted by Gasteiger charge is 2.33. The molecule has 1 aliphatic rings. The molecule has 0 spiro atoms. The topological polar surface area (TPSA) is 45.7 Å². The number of nitrogens with zero attached hydrogens (tertiary/aromatic N) is 3. The molecule has 0 aliphatic carbocycles. The van der Waals surface area contributed by atoms with Crippen LogP contribution in [0.4, 0.5) is 16.3 Å². The monoisotopic (exact) mass is 395 g/mol. The number of para-hydroxylation sites is 1. The zero-order valence-electron chi connectivity index (χ0n) is 18.3. The number of hydrogen-bond donors (Lipinski definition) is 0. The number of anilines is 2. The Hall–Kier alpha value is -2.40. The van der Waals surface area contributed by atoms with Crippen molar-refractivity contribution < 1.29 is 9.53 Å². The van der Waals surface area contributed by atoms with Crippen molar-refractivity contribution >= 4 is 17.6 Å². The number of pyridine rings is 1. The van der Waals surface area contributed by atoms with Gasteiger partial charge in [0.2, 0.25) is 0 Å². The van der Waals surface area contributed by atoms with Gasteiger partial charge in [0.05, 0.1) is 5.69 Å². The van der Waals surface area contributed by atoms with E-state index in [0.717, 1.165) is 37.2 Å². The van der Waals surface area contributed by atoms with Gasteiger partial charge in [-0.15, -0.1) is 0 Å². The number of rotatable bonds is 5. The molecule has 1 saturated heterocycles. The van der Waals surface area contributed by atoms with E-state index in [-0.39, 0.29) is 6.04 Å². The summed E-state index contributed by atoms with van der Waals surface area (Å²) in [5, 5.41) is 0. The molecule has 1 amide bonds. The first kappa shape index (κ1) is 21.3. The van der Waals surface area contributed by atoms with Crippen molar-refractivity contribution in [3.8, 4) is 0 Å². The van der Waals surface area contributed by atoms with Gasteiger partial charge in [-0.05, 0) is 64.3 Å². The van der Waals surface area contributed by atoms with E-state index in [1.54, 1.807) is 11.1 Å². The van der Waals surface area contributed by atoms with Gasteiger partial charge in [-0.1, -0.05) is 38.1 Å². The number of carbonyl (C=O) groups is 1. The molecule has 1 aromatic carbocycles. The van der Waals surface area contributed by atoms with Gasteiger partial charge in [-0.3, -0.25) is 4.90 Å². The number of carbonyl (C=O) groups excluding carboxylic acids is 1. The van der Waals surface area contributed by atoms with Crippen LogP contribution in [0.15, 0.2) is 48.7 Å². The Labute approximate surface area is 174 Å². The van der Waals surface area contributed by atoms with Crippen molar-refractivity contribution in [3.05, 3.63) is 54.2 Å². The number of hydrogen-bond acceptors (Lipinski definition) is 4. The van der Waals surface area contributed by atoms with Crippen LogP contribution in [0.5, 0.6) is 0 Å². The van der Waals surface area contributed by atoms with Crippen LogP contribution in [0.1, 0.15) is 59.1 Å². The van der Waals surface area contributed by atoms with E-state index < -0.39 is 11.7 Å². The largest absolute Gasteiger partial charge is 0.443 e. The van der Waals surface area contributed by atoms with Crippen LogP contribution >= 0.6 is 0 Å². The van der Waals surface area contributed by atoms with Crippen molar-refractivity contribution in [2.75, 3.05) is 18.0 Å². The summed E-state index contributed by atoms with van der Waals surface area (Å²) in [6, 6.07) is 14.0. The van der Waals surface area contributed by atoms with Crippen LogP contribution in [-0.4, -0.2) is 34.7 Å². The van der Waals surface area contributed by atoms with E-state index in [4.69, 9.17) is 4.74 Å². The summed E-state index contributed by atoms with van der Waals surface area (Å²) in [5.74, 6) is 1.25. The summed E-state index contributed by atoms with van der Waals surface area (Å²) in [6.45, 7) is 12.3. The van der Waals surface area contributed by atoms with Gasteiger partial charge in [0.15, 0.2) is 0 Å². The highest BCUT2D eigenvalue weighted by atomic mass is 16.6. The van der Waals surface area contributed by atoms with Crippen LogP contribution in [0, 0.1) is 5.92 Å². The van der Waals surface area contributed by atoms with E-state index in [1.165, 1.54) is 0 Å². The third kappa shape index (κ3) is 5.36. The Bertz CT molecular complexity index is 814. The fourth-order valence-corrected chi connectivity index (χ4v) is 3.92. The fraction of sp³-hybridized carbons (Fsp3) is 0.500. The van der Waals surface area contributed by atoms with Crippen LogP contribution in [-0.2, 0) is 4.74 Å². The van der Waals surface area contributed by atoms with E-state index in [2.05, 4.69) is 29.8 Å². The van der Waals surface area contributed by atoms with Crippen LogP contribution < -0.4 is 4.90 Å². The second-order valence-electron chi connectivity index (χ2n) is 9.11. The molecule has 0 N–H and O–H groups in total. The molecule has 1 atom stereocenters. The van der Waals surface area contributed by atoms with Gasteiger partial charge < -0.3 is 4.74 Å². The van der Waals surface area contributed by atoms with Gasteiger partial charge in [0.1, 0.15) is 11.4 Å². The van der Waals surface area contributed by atoms with Crippen molar-refractivity contribution in [2.24, 2.45) is 5.92 Å². The third-order valence-corrected chi connectivity index (χ3v) is 4.94. The number of aromatic nitrogens is 1. The molecular weight excluding hydrogens is 362 g/mol. The van der Waals surface area contributed by atoms with Crippen molar-refractivity contribution in [2.45, 2.75) is 59.1 Å². The normalized spacial score (nSPS) is 17.5. The number of likely N-dealkylation sites (tertiary alicyclic amines) is 1. The van der Waals surface area contributed by atoms with E-state index >= 15 is 0 Å². The second-order valence-corrected chi connectivity index (χ2v) is 9.11. The first-order chi connectivity index (χ1) is 13.8.